The molecule has 2 N–H and O–H groups in total. The molecule has 0 saturated carbocycles. The van der Waals surface area contributed by atoms with Crippen LogP contribution in [0.25, 0.3) is 10.9 Å². The second-order valence-corrected chi connectivity index (χ2v) is 9.38. The Morgan fingerprint density at radius 2 is 1.97 bits per heavy atom. The van der Waals surface area contributed by atoms with Crippen molar-refractivity contribution in [1.29, 1.82) is 5.26 Å². The lowest BCUT2D eigenvalue weighted by molar-refractivity contribution is 0.0188. The molecule has 2 atom stereocenters. The summed E-state index contributed by atoms with van der Waals surface area (Å²) in [6, 6.07) is 16.7. The molecule has 178 valence electrons. The number of ether oxygens (including phenoxy) is 1. The molecule has 3 aliphatic heterocycles. The second-order valence-electron chi connectivity index (χ2n) is 9.38. The van der Waals surface area contributed by atoms with Gasteiger partial charge in [0.1, 0.15) is 18.0 Å². The molecule has 8 heteroatoms. The van der Waals surface area contributed by atoms with E-state index in [0.29, 0.717) is 12.1 Å². The number of morpholine rings is 1. The molecule has 0 spiro atoms. The Hall–Kier alpha value is -3.67. The maximum Gasteiger partial charge on any atom is 0.134 e. The summed E-state index contributed by atoms with van der Waals surface area (Å²) < 4.78 is 6.35. The number of hydrogen-bond acceptors (Lipinski definition) is 8. The molecule has 6 rings (SSSR count). The number of aliphatic imine (C=N–C) groups is 1. The highest BCUT2D eigenvalue weighted by Crippen LogP contribution is 2.32. The van der Waals surface area contributed by atoms with Gasteiger partial charge >= 0.3 is 0 Å². The minimum atomic E-state index is -0.165. The van der Waals surface area contributed by atoms with E-state index in [4.69, 9.17) is 9.73 Å². The van der Waals surface area contributed by atoms with Crippen LogP contribution in [-0.4, -0.2) is 62.3 Å². The lowest BCUT2D eigenvalue weighted by Crippen LogP contribution is -2.53. The number of rotatable bonds is 3. The summed E-state index contributed by atoms with van der Waals surface area (Å²) >= 11 is 0. The molecule has 0 radical (unpaired) electrons. The van der Waals surface area contributed by atoms with Gasteiger partial charge in [-0.3, -0.25) is 4.98 Å². The van der Waals surface area contributed by atoms with E-state index in [-0.39, 0.29) is 12.2 Å². The van der Waals surface area contributed by atoms with E-state index in [1.807, 2.05) is 24.3 Å². The average Bonchev–Trinajstić information content (AvgIpc) is 2.92. The van der Waals surface area contributed by atoms with Crippen molar-refractivity contribution in [3.8, 4) is 6.07 Å². The van der Waals surface area contributed by atoms with E-state index in [1.165, 1.54) is 11.3 Å². The maximum atomic E-state index is 9.51. The van der Waals surface area contributed by atoms with Gasteiger partial charge in [-0.1, -0.05) is 0 Å². The number of nitriles is 1. The zero-order valence-electron chi connectivity index (χ0n) is 19.9. The minimum Gasteiger partial charge on any atom is -0.369 e. The number of pyridine rings is 1. The highest BCUT2D eigenvalue weighted by atomic mass is 16.5. The average molecular weight is 468 g/mol. The van der Waals surface area contributed by atoms with E-state index in [1.54, 1.807) is 6.20 Å². The molecule has 0 aliphatic carbocycles. The first kappa shape index (κ1) is 21.8. The molecular formula is C27H29N7O. The molecule has 8 nitrogen and oxygen atoms in total. The number of fused-ring (bicyclic) bond motifs is 2. The van der Waals surface area contributed by atoms with Gasteiger partial charge in [0.2, 0.25) is 0 Å². The predicted molar refractivity (Wildman–Crippen MR) is 138 cm³/mol. The molecule has 3 aliphatic rings. The van der Waals surface area contributed by atoms with Crippen LogP contribution in [0, 0.1) is 11.3 Å². The molecule has 35 heavy (non-hydrogen) atoms. The first-order valence-electron chi connectivity index (χ1n) is 12.3. The third-order valence-electron chi connectivity index (χ3n) is 7.02. The van der Waals surface area contributed by atoms with Crippen LogP contribution in [-0.2, 0) is 11.3 Å². The summed E-state index contributed by atoms with van der Waals surface area (Å²) in [5.74, 6) is 0.875. The number of nitrogens with zero attached hydrogens (tertiary/aromatic N) is 5. The Balaban J connectivity index is 1.27. The van der Waals surface area contributed by atoms with E-state index in [0.717, 1.165) is 67.4 Å². The molecule has 3 aromatic rings. The third-order valence-corrected chi connectivity index (χ3v) is 7.02. The molecule has 1 aromatic heterocycles. The van der Waals surface area contributed by atoms with Crippen LogP contribution < -0.4 is 20.4 Å². The van der Waals surface area contributed by atoms with Gasteiger partial charge in [-0.15, -0.1) is 0 Å². The van der Waals surface area contributed by atoms with Crippen LogP contribution in [0.1, 0.15) is 18.1 Å². The largest absolute Gasteiger partial charge is 0.369 e. The summed E-state index contributed by atoms with van der Waals surface area (Å²) in [5, 5.41) is 17.4. The first-order chi connectivity index (χ1) is 17.2. The molecular weight excluding hydrogens is 438 g/mol. The molecule has 2 saturated heterocycles. The lowest BCUT2D eigenvalue weighted by atomic mass is 10.0. The van der Waals surface area contributed by atoms with Crippen molar-refractivity contribution in [3.05, 3.63) is 59.8 Å². The molecule has 2 aromatic carbocycles. The van der Waals surface area contributed by atoms with Crippen molar-refractivity contribution < 1.29 is 4.74 Å². The van der Waals surface area contributed by atoms with Crippen LogP contribution in [0.2, 0.25) is 0 Å². The smallest absolute Gasteiger partial charge is 0.134 e. The van der Waals surface area contributed by atoms with Crippen molar-refractivity contribution in [3.63, 3.8) is 0 Å². The van der Waals surface area contributed by atoms with Crippen molar-refractivity contribution in [2.24, 2.45) is 4.99 Å². The second kappa shape index (κ2) is 9.17. The van der Waals surface area contributed by atoms with Crippen molar-refractivity contribution >= 4 is 33.8 Å². The predicted octanol–water partition coefficient (Wildman–Crippen LogP) is 2.94. The number of hydrogen-bond donors (Lipinski definition) is 2. The molecule has 0 bridgehead atoms. The fourth-order valence-electron chi connectivity index (χ4n) is 5.31. The van der Waals surface area contributed by atoms with Gasteiger partial charge < -0.3 is 25.2 Å². The van der Waals surface area contributed by atoms with E-state index >= 15 is 0 Å². The molecule has 0 amide bonds. The van der Waals surface area contributed by atoms with E-state index < -0.39 is 0 Å². The van der Waals surface area contributed by atoms with Crippen molar-refractivity contribution in [1.82, 2.24) is 15.6 Å². The highest BCUT2D eigenvalue weighted by molar-refractivity contribution is 5.96. The Labute approximate surface area is 205 Å². The Morgan fingerprint density at radius 3 is 2.83 bits per heavy atom. The summed E-state index contributed by atoms with van der Waals surface area (Å²) in [4.78, 5) is 14.2. The van der Waals surface area contributed by atoms with Crippen LogP contribution in [0.15, 0.2) is 53.7 Å². The zero-order valence-corrected chi connectivity index (χ0v) is 19.9. The van der Waals surface area contributed by atoms with Crippen LogP contribution in [0.3, 0.4) is 0 Å². The standard InChI is InChI=1S/C27H29N7O/c1-18-16-34(24-7-4-19(14-28)26-22(24)3-2-8-30-26)17-25(35-18)27-31-15-20-13-21(5-6-23(20)32-27)33-11-9-29-10-12-33/h2-8,13,18,25,29H,9-12,15-17H2,1H3,(H,31,32)/t18-,25-/m1/s1. The third kappa shape index (κ3) is 4.18. The Bertz CT molecular complexity index is 1320. The van der Waals surface area contributed by atoms with Gasteiger partial charge in [0.05, 0.1) is 29.4 Å². The minimum absolute atomic E-state index is 0.0390. The zero-order chi connectivity index (χ0) is 23.8. The number of benzene rings is 2. The molecule has 0 unspecified atom stereocenters. The SMILES string of the molecule is C[C@@H]1CN(c2ccc(C#N)c3ncccc23)C[C@H](C2=Nc3ccc(N4CCNCC4)cc3CN2)O1. The van der Waals surface area contributed by atoms with Gasteiger partial charge in [0, 0.05) is 62.2 Å². The summed E-state index contributed by atoms with van der Waals surface area (Å²) in [7, 11) is 0. The fourth-order valence-corrected chi connectivity index (χ4v) is 5.31. The molecule has 2 fully saturated rings. The van der Waals surface area contributed by atoms with Crippen molar-refractivity contribution in [2.45, 2.75) is 25.7 Å². The first-order valence-corrected chi connectivity index (χ1v) is 12.3. The normalized spacial score (nSPS) is 22.2. The van der Waals surface area contributed by atoms with Gasteiger partial charge in [0.15, 0.2) is 0 Å². The fraction of sp³-hybridized carbons (Fsp3) is 0.370. The van der Waals surface area contributed by atoms with Gasteiger partial charge in [-0.25, -0.2) is 4.99 Å². The van der Waals surface area contributed by atoms with Crippen LogP contribution in [0.5, 0.6) is 0 Å². The quantitative estimate of drug-likeness (QED) is 0.612. The topological polar surface area (TPSA) is 88.8 Å². The summed E-state index contributed by atoms with van der Waals surface area (Å²) in [6.07, 6.45) is 1.61. The number of anilines is 2. The van der Waals surface area contributed by atoms with Gasteiger partial charge in [0.25, 0.3) is 0 Å². The Kier molecular flexibility index (Phi) is 5.72. The van der Waals surface area contributed by atoms with Gasteiger partial charge in [-0.2, -0.15) is 5.26 Å². The summed E-state index contributed by atoms with van der Waals surface area (Å²) in [5.41, 5.74) is 5.90. The number of piperazine rings is 1. The van der Waals surface area contributed by atoms with Gasteiger partial charge in [-0.05, 0) is 55.0 Å². The number of aromatic nitrogens is 1. The Morgan fingerprint density at radius 1 is 1.09 bits per heavy atom. The molecule has 4 heterocycles. The lowest BCUT2D eigenvalue weighted by Gasteiger charge is -2.39. The maximum absolute atomic E-state index is 9.51. The number of amidine groups is 1. The summed E-state index contributed by atoms with van der Waals surface area (Å²) in [6.45, 7) is 8.40. The van der Waals surface area contributed by atoms with Crippen molar-refractivity contribution in [2.75, 3.05) is 49.1 Å². The van der Waals surface area contributed by atoms with E-state index in [2.05, 4.69) is 56.6 Å². The van der Waals surface area contributed by atoms with Crippen LogP contribution in [0.4, 0.5) is 17.1 Å². The van der Waals surface area contributed by atoms with Crippen LogP contribution >= 0.6 is 0 Å². The van der Waals surface area contributed by atoms with E-state index in [9.17, 15) is 5.26 Å². The number of nitrogens with one attached hydrogen (secondary N) is 2. The monoisotopic (exact) mass is 467 g/mol. The highest BCUT2D eigenvalue weighted by Gasteiger charge is 2.31.